The van der Waals surface area contributed by atoms with Crippen LogP contribution in [0.1, 0.15) is 69.6 Å². The predicted octanol–water partition coefficient (Wildman–Crippen LogP) is 3.12. The molecule has 1 fully saturated rings. The Bertz CT molecular complexity index is 484. The summed E-state index contributed by atoms with van der Waals surface area (Å²) >= 11 is 0. The van der Waals surface area contributed by atoms with E-state index >= 15 is 0 Å². The van der Waals surface area contributed by atoms with Gasteiger partial charge < -0.3 is 4.90 Å². The van der Waals surface area contributed by atoms with Gasteiger partial charge in [0.1, 0.15) is 5.69 Å². The largest absolute Gasteiger partial charge is 0.334 e. The second-order valence-electron chi connectivity index (χ2n) is 6.84. The van der Waals surface area contributed by atoms with Crippen molar-refractivity contribution < 1.29 is 4.79 Å². The van der Waals surface area contributed by atoms with Crippen molar-refractivity contribution in [1.29, 1.82) is 0 Å². The Kier molecular flexibility index (Phi) is 4.21. The Labute approximate surface area is 122 Å². The van der Waals surface area contributed by atoms with Gasteiger partial charge in [-0.2, -0.15) is 5.10 Å². The number of carbonyl (C=O) groups is 1. The first-order valence-corrected chi connectivity index (χ1v) is 7.70. The summed E-state index contributed by atoms with van der Waals surface area (Å²) in [6, 6.07) is 2.35. The van der Waals surface area contributed by atoms with E-state index in [1.165, 1.54) is 6.42 Å². The molecular weight excluding hydrogens is 250 g/mol. The highest BCUT2D eigenvalue weighted by molar-refractivity contribution is 5.93. The molecule has 4 nitrogen and oxygen atoms in total. The number of rotatable bonds is 2. The van der Waals surface area contributed by atoms with E-state index < -0.39 is 0 Å². The molecule has 2 rings (SSSR count). The molecule has 1 atom stereocenters. The number of hydrogen-bond donors (Lipinski definition) is 0. The molecule has 4 heteroatoms. The van der Waals surface area contributed by atoms with Crippen LogP contribution in [-0.2, 0) is 12.5 Å². The van der Waals surface area contributed by atoms with Crippen LogP contribution in [0, 0.1) is 0 Å². The summed E-state index contributed by atoms with van der Waals surface area (Å²) in [6.45, 7) is 9.42. The molecule has 1 aromatic rings. The first-order chi connectivity index (χ1) is 9.34. The Hall–Kier alpha value is -1.32. The Balaban J connectivity index is 2.26. The van der Waals surface area contributed by atoms with Crippen LogP contribution in [0.3, 0.4) is 0 Å². The molecule has 0 aliphatic carbocycles. The zero-order valence-corrected chi connectivity index (χ0v) is 13.4. The van der Waals surface area contributed by atoms with E-state index in [9.17, 15) is 4.79 Å². The van der Waals surface area contributed by atoms with Gasteiger partial charge in [-0.1, -0.05) is 27.7 Å². The summed E-state index contributed by atoms with van der Waals surface area (Å²) in [7, 11) is 1.87. The Morgan fingerprint density at radius 3 is 2.65 bits per heavy atom. The second kappa shape index (κ2) is 5.58. The normalized spacial score (nSPS) is 20.2. The van der Waals surface area contributed by atoms with Crippen LogP contribution in [0.15, 0.2) is 6.07 Å². The smallest absolute Gasteiger partial charge is 0.272 e. The van der Waals surface area contributed by atoms with Gasteiger partial charge in [-0.05, 0) is 31.7 Å². The monoisotopic (exact) mass is 277 g/mol. The van der Waals surface area contributed by atoms with E-state index in [1.54, 1.807) is 4.68 Å². The lowest BCUT2D eigenvalue weighted by Crippen LogP contribution is -2.44. The number of hydrogen-bond acceptors (Lipinski definition) is 2. The summed E-state index contributed by atoms with van der Waals surface area (Å²) in [6.07, 6.45) is 4.52. The van der Waals surface area contributed by atoms with E-state index in [2.05, 4.69) is 32.8 Å². The number of carbonyl (C=O) groups excluding carboxylic acids is 1. The molecule has 112 valence electrons. The highest BCUT2D eigenvalue weighted by Crippen LogP contribution is 2.25. The predicted molar refractivity (Wildman–Crippen MR) is 80.9 cm³/mol. The standard InChI is InChI=1S/C16H27N3O/c1-6-12-9-7-8-10-19(12)15(20)13-11-14(16(2,3)4)17-18(13)5/h11-12H,6-10H2,1-5H3. The highest BCUT2D eigenvalue weighted by atomic mass is 16.2. The fraction of sp³-hybridized carbons (Fsp3) is 0.750. The average Bonchev–Trinajstić information content (AvgIpc) is 2.80. The molecule has 1 aliphatic rings. The number of aromatic nitrogens is 2. The molecule has 0 spiro atoms. The van der Waals surface area contributed by atoms with Crippen molar-refractivity contribution in [1.82, 2.24) is 14.7 Å². The summed E-state index contributed by atoms with van der Waals surface area (Å²) in [4.78, 5) is 14.8. The van der Waals surface area contributed by atoms with Gasteiger partial charge in [-0.3, -0.25) is 9.48 Å². The van der Waals surface area contributed by atoms with Gasteiger partial charge in [-0.15, -0.1) is 0 Å². The molecule has 1 unspecified atom stereocenters. The summed E-state index contributed by atoms with van der Waals surface area (Å²) in [5.41, 5.74) is 1.67. The summed E-state index contributed by atoms with van der Waals surface area (Å²) in [5, 5.41) is 4.52. The van der Waals surface area contributed by atoms with Gasteiger partial charge in [0.25, 0.3) is 5.91 Å². The van der Waals surface area contributed by atoms with Crippen LogP contribution in [-0.4, -0.2) is 33.2 Å². The quantitative estimate of drug-likeness (QED) is 0.833. The van der Waals surface area contributed by atoms with Gasteiger partial charge in [0.15, 0.2) is 0 Å². The maximum absolute atomic E-state index is 12.8. The maximum Gasteiger partial charge on any atom is 0.272 e. The number of piperidine rings is 1. The first kappa shape index (κ1) is 15.1. The van der Waals surface area contributed by atoms with Crippen LogP contribution < -0.4 is 0 Å². The van der Waals surface area contributed by atoms with Gasteiger partial charge in [0.2, 0.25) is 0 Å². The lowest BCUT2D eigenvalue weighted by molar-refractivity contribution is 0.0596. The molecule has 0 radical (unpaired) electrons. The molecule has 0 aromatic carbocycles. The van der Waals surface area contributed by atoms with E-state index in [-0.39, 0.29) is 11.3 Å². The summed E-state index contributed by atoms with van der Waals surface area (Å²) in [5.74, 6) is 0.141. The highest BCUT2D eigenvalue weighted by Gasteiger charge is 2.29. The van der Waals surface area contributed by atoms with E-state index in [0.717, 1.165) is 37.2 Å². The van der Waals surface area contributed by atoms with Crippen molar-refractivity contribution in [3.05, 3.63) is 17.5 Å². The Morgan fingerprint density at radius 2 is 2.10 bits per heavy atom. The van der Waals surface area contributed by atoms with E-state index in [0.29, 0.717) is 6.04 Å². The minimum absolute atomic E-state index is 0.0255. The number of nitrogens with zero attached hydrogens (tertiary/aromatic N) is 3. The molecule has 1 amide bonds. The molecule has 1 aliphatic heterocycles. The van der Waals surface area contributed by atoms with Gasteiger partial charge in [0.05, 0.1) is 5.69 Å². The minimum Gasteiger partial charge on any atom is -0.334 e. The maximum atomic E-state index is 12.8. The molecule has 1 saturated heterocycles. The third kappa shape index (κ3) is 2.89. The van der Waals surface area contributed by atoms with Crippen LogP contribution in [0.5, 0.6) is 0 Å². The van der Waals surface area contributed by atoms with Crippen molar-refractivity contribution in [3.63, 3.8) is 0 Å². The van der Waals surface area contributed by atoms with E-state index in [4.69, 9.17) is 0 Å². The fourth-order valence-corrected chi connectivity index (χ4v) is 2.87. The second-order valence-corrected chi connectivity index (χ2v) is 6.84. The lowest BCUT2D eigenvalue weighted by atomic mass is 9.92. The van der Waals surface area contributed by atoms with E-state index in [1.807, 2.05) is 18.0 Å². The lowest BCUT2D eigenvalue weighted by Gasteiger charge is -2.35. The van der Waals surface area contributed by atoms with Crippen molar-refractivity contribution in [3.8, 4) is 0 Å². The van der Waals surface area contributed by atoms with Crippen molar-refractivity contribution in [2.45, 2.75) is 64.8 Å². The van der Waals surface area contributed by atoms with Crippen molar-refractivity contribution in [2.75, 3.05) is 6.54 Å². The number of aryl methyl sites for hydroxylation is 1. The van der Waals surface area contributed by atoms with Crippen LogP contribution in [0.2, 0.25) is 0 Å². The van der Waals surface area contributed by atoms with Crippen molar-refractivity contribution in [2.24, 2.45) is 7.05 Å². The van der Waals surface area contributed by atoms with Crippen LogP contribution >= 0.6 is 0 Å². The topological polar surface area (TPSA) is 38.1 Å². The third-order valence-corrected chi connectivity index (χ3v) is 4.23. The fourth-order valence-electron chi connectivity index (χ4n) is 2.87. The molecule has 0 N–H and O–H groups in total. The van der Waals surface area contributed by atoms with Gasteiger partial charge in [0, 0.05) is 25.0 Å². The molecule has 20 heavy (non-hydrogen) atoms. The average molecular weight is 277 g/mol. The molecule has 1 aromatic heterocycles. The molecule has 0 saturated carbocycles. The van der Waals surface area contributed by atoms with Gasteiger partial charge >= 0.3 is 0 Å². The molecule has 2 heterocycles. The third-order valence-electron chi connectivity index (χ3n) is 4.23. The summed E-state index contributed by atoms with van der Waals surface area (Å²) < 4.78 is 1.74. The zero-order valence-electron chi connectivity index (χ0n) is 13.4. The number of likely N-dealkylation sites (tertiary alicyclic amines) is 1. The molecular formula is C16H27N3O. The van der Waals surface area contributed by atoms with Crippen LogP contribution in [0.25, 0.3) is 0 Å². The number of amides is 1. The van der Waals surface area contributed by atoms with Gasteiger partial charge in [-0.25, -0.2) is 0 Å². The molecule has 0 bridgehead atoms. The van der Waals surface area contributed by atoms with Crippen molar-refractivity contribution >= 4 is 5.91 Å². The van der Waals surface area contributed by atoms with Crippen LogP contribution in [0.4, 0.5) is 0 Å². The first-order valence-electron chi connectivity index (χ1n) is 7.70. The minimum atomic E-state index is -0.0255. The zero-order chi connectivity index (χ0) is 14.9. The Morgan fingerprint density at radius 1 is 1.40 bits per heavy atom. The SMILES string of the molecule is CCC1CCCCN1C(=O)c1cc(C(C)(C)C)nn1C.